The van der Waals surface area contributed by atoms with Gasteiger partial charge in [-0.2, -0.15) is 0 Å². The highest BCUT2D eigenvalue weighted by Gasteiger charge is 2.14. The topological polar surface area (TPSA) is 141 Å². The van der Waals surface area contributed by atoms with Gasteiger partial charge in [0.15, 0.2) is 11.6 Å². The first kappa shape index (κ1) is 26.5. The Morgan fingerprint density at radius 1 is 1.08 bits per heavy atom. The molecule has 0 spiro atoms. The number of ether oxygens (including phenoxy) is 1. The Balaban J connectivity index is 1.64. The van der Waals surface area contributed by atoms with Crippen LogP contribution in [0.4, 0.5) is 0 Å². The standard InChI is InChI=1S/C28H31N7O3/c1-3-5-8-20-13-27(36)35(26(33-20)14-25-31-16-21(17-32-25)38-4-2)18-19-11-12-24(30-15-19)22-9-6-7-10-23(22)28(29)34-37/h6-7,9-13,15-17,37H,3-5,8,14,18H2,1-2H3,(H2,29,34). The molecule has 0 amide bonds. The summed E-state index contributed by atoms with van der Waals surface area (Å²) in [7, 11) is 0. The second-order valence-electron chi connectivity index (χ2n) is 8.72. The van der Waals surface area contributed by atoms with E-state index < -0.39 is 0 Å². The van der Waals surface area contributed by atoms with E-state index in [-0.39, 0.29) is 11.4 Å². The lowest BCUT2D eigenvalue weighted by Crippen LogP contribution is -2.27. The third-order valence-electron chi connectivity index (χ3n) is 5.99. The van der Waals surface area contributed by atoms with Crippen molar-refractivity contribution in [3.63, 3.8) is 0 Å². The van der Waals surface area contributed by atoms with Gasteiger partial charge in [0.1, 0.15) is 11.6 Å². The van der Waals surface area contributed by atoms with Crippen LogP contribution in [0.25, 0.3) is 11.3 Å². The first-order chi connectivity index (χ1) is 18.5. The molecule has 0 unspecified atom stereocenters. The number of unbranched alkanes of at least 4 members (excludes halogenated alkanes) is 1. The Bertz CT molecular complexity index is 1450. The molecule has 1 aromatic carbocycles. The molecule has 0 saturated heterocycles. The molecule has 0 bridgehead atoms. The van der Waals surface area contributed by atoms with Crippen molar-refractivity contribution in [1.82, 2.24) is 24.5 Å². The van der Waals surface area contributed by atoms with E-state index in [1.54, 1.807) is 35.3 Å². The van der Waals surface area contributed by atoms with Gasteiger partial charge in [0.05, 0.1) is 37.7 Å². The number of oxime groups is 1. The van der Waals surface area contributed by atoms with Gasteiger partial charge in [0.2, 0.25) is 0 Å². The molecule has 3 N–H and O–H groups in total. The van der Waals surface area contributed by atoms with Crippen molar-refractivity contribution in [3.8, 4) is 17.0 Å². The second-order valence-corrected chi connectivity index (χ2v) is 8.72. The Hall–Kier alpha value is -4.60. The molecule has 3 heterocycles. The monoisotopic (exact) mass is 513 g/mol. The van der Waals surface area contributed by atoms with Gasteiger partial charge in [0.25, 0.3) is 5.56 Å². The quantitative estimate of drug-likeness (QED) is 0.134. The van der Waals surface area contributed by atoms with E-state index in [9.17, 15) is 4.79 Å². The van der Waals surface area contributed by atoms with Crippen LogP contribution in [0.5, 0.6) is 5.75 Å². The SMILES string of the molecule is CCCCc1cc(=O)n(Cc2ccc(-c3ccccc3C(N)=NO)nc2)c(Cc2ncc(OCC)cn2)n1. The highest BCUT2D eigenvalue weighted by molar-refractivity contribution is 6.02. The van der Waals surface area contributed by atoms with E-state index in [4.69, 9.17) is 20.7 Å². The Morgan fingerprint density at radius 2 is 1.87 bits per heavy atom. The number of benzene rings is 1. The van der Waals surface area contributed by atoms with E-state index in [1.807, 2.05) is 37.3 Å². The molecule has 0 fully saturated rings. The van der Waals surface area contributed by atoms with E-state index in [0.717, 1.165) is 36.1 Å². The second kappa shape index (κ2) is 12.6. The van der Waals surface area contributed by atoms with Crippen molar-refractivity contribution in [3.05, 3.63) is 99.9 Å². The minimum Gasteiger partial charge on any atom is -0.491 e. The highest BCUT2D eigenvalue weighted by Crippen LogP contribution is 2.22. The number of hydrogen-bond donors (Lipinski definition) is 2. The third-order valence-corrected chi connectivity index (χ3v) is 5.99. The smallest absolute Gasteiger partial charge is 0.254 e. The zero-order valence-corrected chi connectivity index (χ0v) is 21.5. The molecule has 196 valence electrons. The van der Waals surface area contributed by atoms with Crippen molar-refractivity contribution in [1.29, 1.82) is 0 Å². The molecule has 4 rings (SSSR count). The molecule has 38 heavy (non-hydrogen) atoms. The summed E-state index contributed by atoms with van der Waals surface area (Å²) in [5.74, 6) is 1.75. The molecule has 0 radical (unpaired) electrons. The summed E-state index contributed by atoms with van der Waals surface area (Å²) in [6, 6.07) is 12.6. The van der Waals surface area contributed by atoms with Crippen LogP contribution in [-0.2, 0) is 19.4 Å². The summed E-state index contributed by atoms with van der Waals surface area (Å²) in [6.45, 7) is 4.83. The largest absolute Gasteiger partial charge is 0.491 e. The Kier molecular flexibility index (Phi) is 8.76. The molecular formula is C28H31N7O3. The normalized spacial score (nSPS) is 11.5. The minimum atomic E-state index is -0.131. The van der Waals surface area contributed by atoms with Crippen molar-refractivity contribution >= 4 is 5.84 Å². The Morgan fingerprint density at radius 3 is 2.55 bits per heavy atom. The van der Waals surface area contributed by atoms with E-state index in [1.165, 1.54) is 0 Å². The summed E-state index contributed by atoms with van der Waals surface area (Å²) in [6.07, 6.45) is 7.98. The maximum Gasteiger partial charge on any atom is 0.254 e. The molecule has 0 aliphatic carbocycles. The zero-order chi connectivity index (χ0) is 26.9. The summed E-state index contributed by atoms with van der Waals surface area (Å²) >= 11 is 0. The molecule has 10 heteroatoms. The Labute approximate surface area is 220 Å². The zero-order valence-electron chi connectivity index (χ0n) is 21.5. The third kappa shape index (κ3) is 6.39. The maximum atomic E-state index is 13.2. The van der Waals surface area contributed by atoms with Crippen LogP contribution in [0.1, 0.15) is 55.2 Å². The van der Waals surface area contributed by atoms with E-state index in [0.29, 0.717) is 48.2 Å². The van der Waals surface area contributed by atoms with Crippen LogP contribution in [0.15, 0.2) is 71.0 Å². The molecule has 10 nitrogen and oxygen atoms in total. The van der Waals surface area contributed by atoms with E-state index >= 15 is 0 Å². The number of nitrogens with two attached hydrogens (primary N) is 1. The molecule has 4 aromatic rings. The minimum absolute atomic E-state index is 0.00779. The summed E-state index contributed by atoms with van der Waals surface area (Å²) in [5.41, 5.74) is 9.28. The summed E-state index contributed by atoms with van der Waals surface area (Å²) in [5, 5.41) is 12.2. The average molecular weight is 514 g/mol. The fraction of sp³-hybridized carbons (Fsp3) is 0.286. The van der Waals surface area contributed by atoms with E-state index in [2.05, 4.69) is 27.0 Å². The number of pyridine rings is 1. The van der Waals surface area contributed by atoms with Crippen LogP contribution < -0.4 is 16.0 Å². The van der Waals surface area contributed by atoms with Crippen LogP contribution in [0.2, 0.25) is 0 Å². The van der Waals surface area contributed by atoms with Gasteiger partial charge >= 0.3 is 0 Å². The number of aryl methyl sites for hydroxylation is 1. The van der Waals surface area contributed by atoms with Crippen molar-refractivity contribution in [2.45, 2.75) is 46.1 Å². The number of hydrogen-bond acceptors (Lipinski definition) is 8. The highest BCUT2D eigenvalue weighted by atomic mass is 16.5. The van der Waals surface area contributed by atoms with Gasteiger partial charge in [-0.15, -0.1) is 0 Å². The summed E-state index contributed by atoms with van der Waals surface area (Å²) in [4.78, 5) is 31.4. The van der Waals surface area contributed by atoms with Crippen molar-refractivity contribution in [2.24, 2.45) is 10.9 Å². The van der Waals surface area contributed by atoms with Gasteiger partial charge in [-0.05, 0) is 31.4 Å². The lowest BCUT2D eigenvalue weighted by molar-refractivity contribution is 0.318. The number of amidine groups is 1. The first-order valence-electron chi connectivity index (χ1n) is 12.6. The van der Waals surface area contributed by atoms with Crippen molar-refractivity contribution in [2.75, 3.05) is 6.61 Å². The molecule has 0 aliphatic heterocycles. The number of aromatic nitrogens is 5. The molecule has 0 saturated carbocycles. The van der Waals surface area contributed by atoms with Crippen LogP contribution >= 0.6 is 0 Å². The van der Waals surface area contributed by atoms with Gasteiger partial charge in [-0.1, -0.05) is 48.8 Å². The summed E-state index contributed by atoms with van der Waals surface area (Å²) < 4.78 is 7.07. The fourth-order valence-corrected chi connectivity index (χ4v) is 4.06. The maximum absolute atomic E-state index is 13.2. The van der Waals surface area contributed by atoms with Crippen LogP contribution in [-0.4, -0.2) is 42.2 Å². The lowest BCUT2D eigenvalue weighted by Gasteiger charge is -2.14. The lowest BCUT2D eigenvalue weighted by atomic mass is 10.0. The van der Waals surface area contributed by atoms with Gasteiger partial charge < -0.3 is 15.7 Å². The van der Waals surface area contributed by atoms with Gasteiger partial charge in [0, 0.05) is 29.1 Å². The molecule has 0 aliphatic rings. The van der Waals surface area contributed by atoms with Crippen molar-refractivity contribution < 1.29 is 9.94 Å². The molecular weight excluding hydrogens is 482 g/mol. The predicted octanol–water partition coefficient (Wildman–Crippen LogP) is 3.57. The molecule has 0 atom stereocenters. The fourth-order valence-electron chi connectivity index (χ4n) is 4.06. The van der Waals surface area contributed by atoms with Gasteiger partial charge in [-0.25, -0.2) is 15.0 Å². The number of rotatable bonds is 11. The van der Waals surface area contributed by atoms with Gasteiger partial charge in [-0.3, -0.25) is 14.3 Å². The predicted molar refractivity (Wildman–Crippen MR) is 144 cm³/mol. The van der Waals surface area contributed by atoms with Crippen LogP contribution in [0.3, 0.4) is 0 Å². The first-order valence-corrected chi connectivity index (χ1v) is 12.6. The average Bonchev–Trinajstić information content (AvgIpc) is 2.95. The number of nitrogens with zero attached hydrogens (tertiary/aromatic N) is 6. The van der Waals surface area contributed by atoms with Crippen LogP contribution in [0, 0.1) is 0 Å². The molecule has 3 aromatic heterocycles.